The van der Waals surface area contributed by atoms with Crippen molar-refractivity contribution in [1.82, 2.24) is 4.90 Å². The van der Waals surface area contributed by atoms with Crippen molar-refractivity contribution in [3.63, 3.8) is 0 Å². The average molecular weight is 432 g/mol. The zero-order valence-corrected chi connectivity index (χ0v) is 19.8. The van der Waals surface area contributed by atoms with Crippen LogP contribution in [0, 0.1) is 23.2 Å². The lowest BCUT2D eigenvalue weighted by Crippen LogP contribution is -2.45. The molecule has 2 unspecified atom stereocenters. The molecule has 0 saturated carbocycles. The number of rotatable bonds is 6. The number of hydrogen-bond donors (Lipinski definition) is 0. The molecule has 5 nitrogen and oxygen atoms in total. The maximum absolute atomic E-state index is 12.6. The van der Waals surface area contributed by atoms with Crippen molar-refractivity contribution in [2.45, 2.75) is 76.0 Å². The Hall–Kier alpha value is -1.58. The summed E-state index contributed by atoms with van der Waals surface area (Å²) in [5, 5.41) is 9.09. The van der Waals surface area contributed by atoms with Crippen molar-refractivity contribution in [3.05, 3.63) is 23.8 Å². The van der Waals surface area contributed by atoms with Gasteiger partial charge in [0.25, 0.3) is 0 Å². The van der Waals surface area contributed by atoms with Gasteiger partial charge in [-0.2, -0.15) is 5.26 Å². The van der Waals surface area contributed by atoms with Crippen molar-refractivity contribution in [2.24, 2.45) is 11.8 Å². The number of likely N-dealkylation sites (tertiary alicyclic amines) is 1. The molecule has 0 radical (unpaired) electrons. The topological polar surface area (TPSA) is 64.4 Å². The van der Waals surface area contributed by atoms with Crippen LogP contribution in [-0.2, 0) is 9.84 Å². The second-order valence-corrected chi connectivity index (χ2v) is 12.0. The maximum atomic E-state index is 12.6. The van der Waals surface area contributed by atoms with E-state index in [1.807, 2.05) is 0 Å². The lowest BCUT2D eigenvalue weighted by molar-refractivity contribution is 0.0969. The number of nitrogens with zero attached hydrogens (tertiary/aromatic N) is 3. The first-order valence-corrected chi connectivity index (χ1v) is 13.1. The highest BCUT2D eigenvalue weighted by Gasteiger charge is 2.29. The minimum Gasteiger partial charge on any atom is -0.370 e. The molecule has 3 rings (SSSR count). The highest BCUT2D eigenvalue weighted by molar-refractivity contribution is 7.92. The van der Waals surface area contributed by atoms with Crippen LogP contribution in [0.2, 0.25) is 0 Å². The summed E-state index contributed by atoms with van der Waals surface area (Å²) < 4.78 is 25.2. The van der Waals surface area contributed by atoms with Crippen molar-refractivity contribution < 1.29 is 8.42 Å². The van der Waals surface area contributed by atoms with Crippen molar-refractivity contribution in [2.75, 3.05) is 31.1 Å². The van der Waals surface area contributed by atoms with Gasteiger partial charge in [-0.1, -0.05) is 13.3 Å². The van der Waals surface area contributed by atoms with Gasteiger partial charge in [0.2, 0.25) is 0 Å². The highest BCUT2D eigenvalue weighted by Crippen LogP contribution is 2.32. The third-order valence-electron chi connectivity index (χ3n) is 7.19. The summed E-state index contributed by atoms with van der Waals surface area (Å²) in [5.74, 6) is 1.56. The summed E-state index contributed by atoms with van der Waals surface area (Å²) in [7, 11) is -3.35. The lowest BCUT2D eigenvalue weighted by atomic mass is 9.88. The first-order chi connectivity index (χ1) is 14.3. The van der Waals surface area contributed by atoms with Gasteiger partial charge in [-0.3, -0.25) is 0 Å². The molecule has 0 amide bonds. The fourth-order valence-corrected chi connectivity index (χ4v) is 6.04. The van der Waals surface area contributed by atoms with Gasteiger partial charge < -0.3 is 9.80 Å². The van der Waals surface area contributed by atoms with Gasteiger partial charge in [0.15, 0.2) is 9.84 Å². The summed E-state index contributed by atoms with van der Waals surface area (Å²) in [6, 6.07) is 7.87. The van der Waals surface area contributed by atoms with Crippen LogP contribution in [0.25, 0.3) is 0 Å². The fourth-order valence-electron chi connectivity index (χ4n) is 4.96. The molecule has 2 fully saturated rings. The Labute approximate surface area is 183 Å². The Kier molecular flexibility index (Phi) is 7.47. The monoisotopic (exact) mass is 431 g/mol. The molecule has 6 heteroatoms. The quantitative estimate of drug-likeness (QED) is 0.665. The zero-order valence-electron chi connectivity index (χ0n) is 19.0. The third kappa shape index (κ3) is 5.00. The van der Waals surface area contributed by atoms with Crippen LogP contribution >= 0.6 is 0 Å². The maximum Gasteiger partial charge on any atom is 0.180 e. The normalized spacial score (nSPS) is 24.2. The second kappa shape index (κ2) is 9.70. The number of piperidine rings is 2. The molecule has 1 aromatic rings. The van der Waals surface area contributed by atoms with E-state index in [4.69, 9.17) is 0 Å². The number of benzene rings is 1. The van der Waals surface area contributed by atoms with Gasteiger partial charge in [-0.25, -0.2) is 8.42 Å². The highest BCUT2D eigenvalue weighted by atomic mass is 32.2. The Balaban J connectivity index is 1.65. The summed E-state index contributed by atoms with van der Waals surface area (Å²) in [5.41, 5.74) is 1.33. The molecular formula is C24H37N3O2S. The third-order valence-corrected chi connectivity index (χ3v) is 9.34. The minimum atomic E-state index is -3.35. The standard InChI is InChI=1S/C24H37N3O2S/c1-5-20-8-13-27(19(4)14-20)17-21-9-11-26(12-10-21)24-15-23(7-6-22(24)16-25)30(28,29)18(2)3/h6-7,15,18-21H,5,8-14,17H2,1-4H3. The molecule has 1 aromatic carbocycles. The Morgan fingerprint density at radius 3 is 2.37 bits per heavy atom. The summed E-state index contributed by atoms with van der Waals surface area (Å²) in [4.78, 5) is 5.20. The molecule has 30 heavy (non-hydrogen) atoms. The molecule has 0 aliphatic carbocycles. The smallest absolute Gasteiger partial charge is 0.180 e. The van der Waals surface area contributed by atoms with Gasteiger partial charge in [-0.15, -0.1) is 0 Å². The van der Waals surface area contributed by atoms with Crippen LogP contribution in [0.4, 0.5) is 5.69 Å². The lowest BCUT2D eigenvalue weighted by Gasteiger charge is -2.41. The van der Waals surface area contributed by atoms with Crippen molar-refractivity contribution in [1.29, 1.82) is 5.26 Å². The molecule has 0 aromatic heterocycles. The van der Waals surface area contributed by atoms with Crippen LogP contribution in [0.3, 0.4) is 0 Å². The molecule has 2 aliphatic rings. The van der Waals surface area contributed by atoms with E-state index in [9.17, 15) is 13.7 Å². The summed E-state index contributed by atoms with van der Waals surface area (Å²) >= 11 is 0. The molecular weight excluding hydrogens is 394 g/mol. The number of nitriles is 1. The molecule has 0 N–H and O–H groups in total. The van der Waals surface area contributed by atoms with E-state index in [-0.39, 0.29) is 0 Å². The van der Waals surface area contributed by atoms with Crippen LogP contribution < -0.4 is 4.90 Å². The number of sulfone groups is 1. The van der Waals surface area contributed by atoms with Gasteiger partial charge in [-0.05, 0) is 83.0 Å². The SMILES string of the molecule is CCC1CCN(CC2CCN(c3cc(S(=O)(=O)C(C)C)ccc3C#N)CC2)C(C)C1. The molecule has 0 bridgehead atoms. The van der Waals surface area contributed by atoms with E-state index in [0.717, 1.165) is 44.1 Å². The average Bonchev–Trinajstić information content (AvgIpc) is 2.75. The molecule has 2 saturated heterocycles. The van der Waals surface area contributed by atoms with Crippen molar-refractivity contribution in [3.8, 4) is 6.07 Å². The van der Waals surface area contributed by atoms with E-state index in [2.05, 4.69) is 29.7 Å². The summed E-state index contributed by atoms with van der Waals surface area (Å²) in [6.45, 7) is 12.2. The van der Waals surface area contributed by atoms with E-state index < -0.39 is 15.1 Å². The van der Waals surface area contributed by atoms with Crippen LogP contribution in [0.1, 0.15) is 65.4 Å². The number of hydrogen-bond acceptors (Lipinski definition) is 5. The summed E-state index contributed by atoms with van der Waals surface area (Å²) in [6.07, 6.45) is 6.11. The molecule has 166 valence electrons. The molecule has 2 atom stereocenters. The van der Waals surface area contributed by atoms with E-state index >= 15 is 0 Å². The molecule has 2 heterocycles. The fraction of sp³-hybridized carbons (Fsp3) is 0.708. The van der Waals surface area contributed by atoms with Crippen LogP contribution in [0.5, 0.6) is 0 Å². The second-order valence-electron chi connectivity index (χ2n) is 9.46. The van der Waals surface area contributed by atoms with Crippen molar-refractivity contribution >= 4 is 15.5 Å². The first-order valence-electron chi connectivity index (χ1n) is 11.5. The Morgan fingerprint density at radius 2 is 1.80 bits per heavy atom. The Bertz CT molecular complexity index is 867. The molecule has 2 aliphatic heterocycles. The van der Waals surface area contributed by atoms with Gasteiger partial charge in [0, 0.05) is 25.7 Å². The Morgan fingerprint density at radius 1 is 1.13 bits per heavy atom. The van der Waals surface area contributed by atoms with Gasteiger partial charge in [0.05, 0.1) is 21.4 Å². The predicted molar refractivity (Wildman–Crippen MR) is 122 cm³/mol. The first kappa shape index (κ1) is 23.1. The minimum absolute atomic E-state index is 0.321. The largest absolute Gasteiger partial charge is 0.370 e. The van der Waals surface area contributed by atoms with Gasteiger partial charge >= 0.3 is 0 Å². The predicted octanol–water partition coefficient (Wildman–Crippen LogP) is 4.47. The number of anilines is 1. The van der Waals surface area contributed by atoms with Gasteiger partial charge in [0.1, 0.15) is 6.07 Å². The van der Waals surface area contributed by atoms with E-state index in [0.29, 0.717) is 22.4 Å². The van der Waals surface area contributed by atoms with Crippen LogP contribution in [-0.4, -0.2) is 50.8 Å². The van der Waals surface area contributed by atoms with E-state index in [1.165, 1.54) is 25.8 Å². The zero-order chi connectivity index (χ0) is 21.9. The van der Waals surface area contributed by atoms with Crippen LogP contribution in [0.15, 0.2) is 23.1 Å². The van der Waals surface area contributed by atoms with E-state index in [1.54, 1.807) is 32.0 Å². The molecule has 0 spiro atoms.